The van der Waals surface area contributed by atoms with E-state index in [2.05, 4.69) is 31.6 Å². The number of amides is 1. The van der Waals surface area contributed by atoms with Crippen LogP contribution in [-0.4, -0.2) is 141 Å². The molecule has 1 saturated carbocycles. The third kappa shape index (κ3) is 14.4. The summed E-state index contributed by atoms with van der Waals surface area (Å²) in [5, 5.41) is 41.2. The third-order valence-electron chi connectivity index (χ3n) is 13.4. The minimum Gasteiger partial charge on any atom is -0.491 e. The number of hydrogen-bond acceptors (Lipinski definition) is 18. The van der Waals surface area contributed by atoms with E-state index in [4.69, 9.17) is 43.2 Å². The summed E-state index contributed by atoms with van der Waals surface area (Å²) < 4.78 is 55.4. The second kappa shape index (κ2) is 25.8. The Kier molecular flexibility index (Phi) is 19.3. The monoisotopic (exact) mass is 1050 g/mol. The zero-order chi connectivity index (χ0) is 54.7. The number of aromatic nitrogens is 6. The van der Waals surface area contributed by atoms with Crippen molar-refractivity contribution in [1.82, 2.24) is 45.8 Å². The van der Waals surface area contributed by atoms with E-state index in [1.165, 1.54) is 0 Å². The molecule has 0 radical (unpaired) electrons. The van der Waals surface area contributed by atoms with Crippen LogP contribution in [0.3, 0.4) is 0 Å². The predicted octanol–water partition coefficient (Wildman–Crippen LogP) is 8.78. The first kappa shape index (κ1) is 56.9. The van der Waals surface area contributed by atoms with Crippen molar-refractivity contribution in [2.45, 2.75) is 131 Å². The molecular weight excluding hydrogens is 981 g/mol. The van der Waals surface area contributed by atoms with E-state index >= 15 is 0 Å². The lowest BCUT2D eigenvalue weighted by atomic mass is 9.98. The fraction of sp³-hybridized carbons (Fsp3) is 0.509. The summed E-state index contributed by atoms with van der Waals surface area (Å²) in [5.74, 6) is 1.98. The second-order valence-electron chi connectivity index (χ2n) is 19.5. The van der Waals surface area contributed by atoms with Crippen LogP contribution in [0.5, 0.6) is 11.5 Å². The lowest BCUT2D eigenvalue weighted by Gasteiger charge is -2.37. The molecule has 1 amide bonds. The summed E-state index contributed by atoms with van der Waals surface area (Å²) in [6.07, 6.45) is -0.0140. The first-order valence-corrected chi connectivity index (χ1v) is 26.0. The standard InChI is InChI=1S/C29H40N6O5.C26H33F2N5O3/c1-7-38-29(37)35-12-11-22(13-17(35)2)31-27-18(3)26(25-19(4)34-40-20(25)5)32-28(33-27)21-9-8-10-24(14-21)39-16-23(36)15-30-6;1-5-29-13-20(34)14-35-21-8-6-7-18(11-21)25-31-23(22-16(3)33-36-17(22)4)15(2)24(32-25)30-19-9-10-26(27,28)12-19/h8-10,14,17,22-23,30,36H,7,11-13,15-16H2,1-6H3,(H,31,32,33);6-8,11,19-20,29,34H,5,9-10,12-14H2,1-4H3,(H,30,31,32). The van der Waals surface area contributed by atoms with Crippen LogP contribution >= 0.6 is 0 Å². The maximum Gasteiger partial charge on any atom is 0.409 e. The van der Waals surface area contributed by atoms with Crippen LogP contribution in [0.2, 0.25) is 0 Å². The van der Waals surface area contributed by atoms with Gasteiger partial charge in [-0.15, -0.1) is 0 Å². The summed E-state index contributed by atoms with van der Waals surface area (Å²) in [5.41, 5.74) is 7.53. The molecule has 1 saturated heterocycles. The molecule has 0 spiro atoms. The van der Waals surface area contributed by atoms with Crippen LogP contribution in [0.4, 0.5) is 25.2 Å². The number of alkyl halides is 2. The first-order valence-electron chi connectivity index (χ1n) is 26.0. The van der Waals surface area contributed by atoms with E-state index < -0.39 is 18.1 Å². The number of benzene rings is 2. The van der Waals surface area contributed by atoms with Crippen LogP contribution in [0.15, 0.2) is 57.6 Å². The average Bonchev–Trinajstić information content (AvgIpc) is 4.06. The Balaban J connectivity index is 0.000000222. The van der Waals surface area contributed by atoms with Gasteiger partial charge in [-0.2, -0.15) is 0 Å². The Morgan fingerprint density at radius 3 is 1.75 bits per heavy atom. The largest absolute Gasteiger partial charge is 0.491 e. The number of carbonyl (C=O) groups is 1. The van der Waals surface area contributed by atoms with Crippen LogP contribution in [0.25, 0.3) is 45.3 Å². The molecule has 8 rings (SSSR count). The number of likely N-dealkylation sites (N-methyl/N-ethyl adjacent to an activating group) is 2. The molecule has 5 unspecified atom stereocenters. The number of rotatable bonds is 20. The van der Waals surface area contributed by atoms with Gasteiger partial charge in [0.25, 0.3) is 0 Å². The van der Waals surface area contributed by atoms with Crippen LogP contribution in [-0.2, 0) is 4.74 Å². The molecule has 19 nitrogen and oxygen atoms in total. The molecule has 6 N–H and O–H groups in total. The van der Waals surface area contributed by atoms with Crippen molar-refractivity contribution in [1.29, 1.82) is 0 Å². The zero-order valence-electron chi connectivity index (χ0n) is 45.2. The Hall–Kier alpha value is -6.81. The number of aryl methyl sites for hydroxylation is 4. The summed E-state index contributed by atoms with van der Waals surface area (Å²) in [6.45, 7) is 20.0. The van der Waals surface area contributed by atoms with Gasteiger partial charge in [-0.1, -0.05) is 41.5 Å². The molecule has 0 bridgehead atoms. The first-order chi connectivity index (χ1) is 36.4. The highest BCUT2D eigenvalue weighted by atomic mass is 19.3. The average molecular weight is 1050 g/mol. The van der Waals surface area contributed by atoms with Crippen molar-refractivity contribution in [3.05, 3.63) is 82.6 Å². The van der Waals surface area contributed by atoms with E-state index in [0.717, 1.165) is 64.4 Å². The number of likely N-dealkylation sites (tertiary alicyclic amines) is 1. The van der Waals surface area contributed by atoms with Crippen LogP contribution in [0, 0.1) is 41.5 Å². The van der Waals surface area contributed by atoms with Gasteiger partial charge in [0.05, 0.1) is 40.5 Å². The van der Waals surface area contributed by atoms with Gasteiger partial charge in [0.2, 0.25) is 5.92 Å². The molecule has 410 valence electrons. The number of halogens is 2. The molecular formula is C55H73F2N11O8. The molecule has 2 fully saturated rings. The number of aliphatic hydroxyl groups is 2. The van der Waals surface area contributed by atoms with Gasteiger partial charge in [0.1, 0.15) is 60.1 Å². The minimum atomic E-state index is -2.67. The molecule has 5 heterocycles. The fourth-order valence-electron chi connectivity index (χ4n) is 9.44. The molecule has 76 heavy (non-hydrogen) atoms. The Morgan fingerprint density at radius 2 is 1.30 bits per heavy atom. The lowest BCUT2D eigenvalue weighted by molar-refractivity contribution is 0.00850. The van der Waals surface area contributed by atoms with Crippen molar-refractivity contribution in [3.63, 3.8) is 0 Å². The van der Waals surface area contributed by atoms with Crippen molar-refractivity contribution >= 4 is 17.7 Å². The smallest absolute Gasteiger partial charge is 0.409 e. The van der Waals surface area contributed by atoms with Gasteiger partial charge in [-0.05, 0) is 113 Å². The van der Waals surface area contributed by atoms with Gasteiger partial charge in [0, 0.05) is 72.9 Å². The van der Waals surface area contributed by atoms with Gasteiger partial charge < -0.3 is 59.6 Å². The zero-order valence-corrected chi connectivity index (χ0v) is 45.2. The second-order valence-corrected chi connectivity index (χ2v) is 19.5. The number of nitrogens with one attached hydrogen (secondary N) is 4. The molecule has 2 aromatic carbocycles. The van der Waals surface area contributed by atoms with Crippen molar-refractivity contribution in [3.8, 4) is 56.8 Å². The van der Waals surface area contributed by atoms with Gasteiger partial charge >= 0.3 is 6.09 Å². The van der Waals surface area contributed by atoms with E-state index in [1.54, 1.807) is 24.1 Å². The number of piperidine rings is 1. The van der Waals surface area contributed by atoms with E-state index in [0.29, 0.717) is 90.1 Å². The van der Waals surface area contributed by atoms with Gasteiger partial charge in [0.15, 0.2) is 11.6 Å². The molecule has 5 atom stereocenters. The fourth-order valence-corrected chi connectivity index (χ4v) is 9.44. The number of ether oxygens (including phenoxy) is 3. The van der Waals surface area contributed by atoms with Crippen molar-refractivity contribution in [2.75, 3.05) is 63.7 Å². The molecule has 6 aromatic rings. The maximum absolute atomic E-state index is 13.9. The highest BCUT2D eigenvalue weighted by Crippen LogP contribution is 2.39. The molecule has 2 aliphatic rings. The number of nitrogens with zero attached hydrogens (tertiary/aromatic N) is 7. The highest BCUT2D eigenvalue weighted by molar-refractivity contribution is 5.76. The van der Waals surface area contributed by atoms with Crippen LogP contribution in [0.1, 0.15) is 86.9 Å². The third-order valence-corrected chi connectivity index (χ3v) is 13.4. The van der Waals surface area contributed by atoms with Crippen LogP contribution < -0.4 is 30.7 Å². The predicted molar refractivity (Wildman–Crippen MR) is 286 cm³/mol. The Morgan fingerprint density at radius 1 is 0.776 bits per heavy atom. The minimum absolute atomic E-state index is 0.0287. The normalized spacial score (nSPS) is 17.9. The Bertz CT molecular complexity index is 2860. The Labute approximate surface area is 442 Å². The SMILES string of the molecule is CCNCC(O)COc1cccc(-c2nc(NC3CCC(F)(F)C3)c(C)c(-c3c(C)noc3C)n2)c1.CCOC(=O)N1CCC(Nc2nc(-c3cccc(OCC(O)CNC)c3)nc(-c3c(C)noc3C)c2C)CC1C. The van der Waals surface area contributed by atoms with E-state index in [-0.39, 0.29) is 50.3 Å². The number of aliphatic hydroxyl groups excluding tert-OH is 2. The van der Waals surface area contributed by atoms with Gasteiger partial charge in [-0.25, -0.2) is 33.5 Å². The molecule has 4 aromatic heterocycles. The van der Waals surface area contributed by atoms with Crippen molar-refractivity contribution < 1.29 is 47.0 Å². The molecule has 1 aliphatic heterocycles. The summed E-state index contributed by atoms with van der Waals surface area (Å²) in [6, 6.07) is 14.6. The summed E-state index contributed by atoms with van der Waals surface area (Å²) in [7, 11) is 1.78. The van der Waals surface area contributed by atoms with E-state index in [9.17, 15) is 23.8 Å². The summed E-state index contributed by atoms with van der Waals surface area (Å²) in [4.78, 5) is 33.6. The lowest BCUT2D eigenvalue weighted by Crippen LogP contribution is -2.48. The molecule has 1 aliphatic carbocycles. The number of carbonyl (C=O) groups excluding carboxylic acids is 1. The summed E-state index contributed by atoms with van der Waals surface area (Å²) >= 11 is 0. The maximum atomic E-state index is 13.9. The van der Waals surface area contributed by atoms with Crippen molar-refractivity contribution in [2.24, 2.45) is 0 Å². The molecule has 21 heteroatoms. The highest BCUT2D eigenvalue weighted by Gasteiger charge is 2.40. The van der Waals surface area contributed by atoms with Gasteiger partial charge in [-0.3, -0.25) is 0 Å². The number of hydrogen-bond donors (Lipinski definition) is 6. The topological polar surface area (TPSA) is 240 Å². The number of anilines is 2. The van der Waals surface area contributed by atoms with E-state index in [1.807, 2.05) is 98.7 Å². The quantitative estimate of drug-likeness (QED) is 0.0419.